The van der Waals surface area contributed by atoms with E-state index in [0.717, 1.165) is 0 Å². The van der Waals surface area contributed by atoms with Crippen LogP contribution in [0.5, 0.6) is 11.6 Å². The summed E-state index contributed by atoms with van der Waals surface area (Å²) >= 11 is 14.8. The van der Waals surface area contributed by atoms with Crippen molar-refractivity contribution in [2.24, 2.45) is 5.73 Å². The Hall–Kier alpha value is -0.880. The minimum atomic E-state index is -0.576. The largest absolute Gasteiger partial charge is 0.438 e. The Morgan fingerprint density at radius 3 is 2.68 bits per heavy atom. The second-order valence-corrected chi connectivity index (χ2v) is 5.29. The van der Waals surface area contributed by atoms with E-state index in [1.807, 2.05) is 0 Å². The average Bonchev–Trinajstić information content (AvgIpc) is 2.38. The van der Waals surface area contributed by atoms with Gasteiger partial charge >= 0.3 is 0 Å². The summed E-state index contributed by atoms with van der Waals surface area (Å²) in [6, 6.07) is 4.18. The first-order valence-electron chi connectivity index (χ1n) is 5.18. The molecule has 0 amide bonds. The second kappa shape index (κ2) is 6.05. The van der Waals surface area contributed by atoms with Gasteiger partial charge in [0.25, 0.3) is 0 Å². The van der Waals surface area contributed by atoms with Crippen molar-refractivity contribution >= 4 is 39.1 Å². The van der Waals surface area contributed by atoms with Gasteiger partial charge in [0.2, 0.25) is 5.88 Å². The van der Waals surface area contributed by atoms with Crippen molar-refractivity contribution in [2.45, 2.75) is 6.54 Å². The quantitative estimate of drug-likeness (QED) is 0.812. The fourth-order valence-corrected chi connectivity index (χ4v) is 2.27. The first-order valence-corrected chi connectivity index (χ1v) is 6.73. The molecule has 0 unspecified atom stereocenters. The van der Waals surface area contributed by atoms with Crippen LogP contribution < -0.4 is 10.5 Å². The van der Waals surface area contributed by atoms with E-state index in [-0.39, 0.29) is 23.2 Å². The van der Waals surface area contributed by atoms with Crippen LogP contribution in [0.25, 0.3) is 0 Å². The highest BCUT2D eigenvalue weighted by atomic mass is 79.9. The molecule has 2 aromatic rings. The Balaban J connectivity index is 2.33. The predicted molar refractivity (Wildman–Crippen MR) is 76.3 cm³/mol. The number of halogens is 4. The van der Waals surface area contributed by atoms with Gasteiger partial charge in [-0.3, -0.25) is 0 Å². The monoisotopic (exact) mass is 364 g/mol. The molecule has 1 aromatic carbocycles. The Kier molecular flexibility index (Phi) is 4.62. The standard InChI is InChI=1S/C12H8BrCl2FN2O/c13-7-2-8(14)10(16)3-11(7)19-12-1-6(4-17)9(15)5-18-12/h1-3,5H,4,17H2. The van der Waals surface area contributed by atoms with Gasteiger partial charge in [-0.2, -0.15) is 0 Å². The molecule has 0 aliphatic rings. The summed E-state index contributed by atoms with van der Waals surface area (Å²) in [5, 5.41) is 0.460. The van der Waals surface area contributed by atoms with Gasteiger partial charge in [0.05, 0.1) is 14.5 Å². The zero-order valence-corrected chi connectivity index (χ0v) is 12.6. The van der Waals surface area contributed by atoms with Crippen molar-refractivity contribution in [3.8, 4) is 11.6 Å². The third-order valence-corrected chi connectivity index (χ3v) is 3.57. The molecule has 0 saturated carbocycles. The van der Waals surface area contributed by atoms with Crippen LogP contribution in [0.3, 0.4) is 0 Å². The number of benzene rings is 1. The summed E-state index contributed by atoms with van der Waals surface area (Å²) in [6.45, 7) is 0.258. The number of ether oxygens (including phenoxy) is 1. The topological polar surface area (TPSA) is 48.1 Å². The maximum Gasteiger partial charge on any atom is 0.219 e. The summed E-state index contributed by atoms with van der Waals surface area (Å²) in [5.41, 5.74) is 6.22. The predicted octanol–water partition coefficient (Wildman–Crippen LogP) is 4.54. The highest BCUT2D eigenvalue weighted by molar-refractivity contribution is 9.10. The number of rotatable bonds is 3. The van der Waals surface area contributed by atoms with Crippen LogP contribution in [-0.4, -0.2) is 4.98 Å². The fourth-order valence-electron chi connectivity index (χ4n) is 1.37. The number of nitrogens with two attached hydrogens (primary N) is 1. The molecular weight excluding hydrogens is 358 g/mol. The van der Waals surface area contributed by atoms with Crippen LogP contribution >= 0.6 is 39.1 Å². The van der Waals surface area contributed by atoms with Gasteiger partial charge in [-0.05, 0) is 27.6 Å². The number of aromatic nitrogens is 1. The maximum absolute atomic E-state index is 13.4. The van der Waals surface area contributed by atoms with E-state index in [4.69, 9.17) is 33.7 Å². The molecule has 1 heterocycles. The number of hydrogen-bond donors (Lipinski definition) is 1. The number of hydrogen-bond acceptors (Lipinski definition) is 3. The van der Waals surface area contributed by atoms with Crippen LogP contribution in [0.1, 0.15) is 5.56 Å². The van der Waals surface area contributed by atoms with E-state index in [1.54, 1.807) is 6.07 Å². The number of pyridine rings is 1. The first kappa shape index (κ1) is 14.5. The molecule has 2 N–H and O–H groups in total. The van der Waals surface area contributed by atoms with Crippen LogP contribution in [0.15, 0.2) is 28.9 Å². The highest BCUT2D eigenvalue weighted by Gasteiger charge is 2.10. The van der Waals surface area contributed by atoms with E-state index < -0.39 is 5.82 Å². The smallest absolute Gasteiger partial charge is 0.219 e. The van der Waals surface area contributed by atoms with Gasteiger partial charge in [0.1, 0.15) is 11.6 Å². The van der Waals surface area contributed by atoms with Crippen molar-refractivity contribution in [1.82, 2.24) is 4.98 Å². The molecule has 0 fully saturated rings. The van der Waals surface area contributed by atoms with Crippen molar-refractivity contribution < 1.29 is 9.13 Å². The molecule has 1 aromatic heterocycles. The normalized spacial score (nSPS) is 10.6. The third-order valence-electron chi connectivity index (χ3n) is 2.32. The van der Waals surface area contributed by atoms with E-state index in [1.165, 1.54) is 18.3 Å². The molecule has 0 aliphatic heterocycles. The molecule has 19 heavy (non-hydrogen) atoms. The fraction of sp³-hybridized carbons (Fsp3) is 0.0833. The molecule has 0 radical (unpaired) electrons. The van der Waals surface area contributed by atoms with Gasteiger partial charge in [0, 0.05) is 24.9 Å². The summed E-state index contributed by atoms with van der Waals surface area (Å²) in [4.78, 5) is 3.99. The minimum Gasteiger partial charge on any atom is -0.438 e. The molecule has 0 spiro atoms. The average molecular weight is 366 g/mol. The molecule has 0 aliphatic carbocycles. The Labute approximate surface area is 127 Å². The molecule has 2 rings (SSSR count). The molecule has 3 nitrogen and oxygen atoms in total. The SMILES string of the molecule is NCc1cc(Oc2cc(F)c(Cl)cc2Br)ncc1Cl. The zero-order chi connectivity index (χ0) is 14.0. The molecule has 100 valence electrons. The van der Waals surface area contributed by atoms with Gasteiger partial charge in [-0.15, -0.1) is 0 Å². The van der Waals surface area contributed by atoms with Crippen molar-refractivity contribution in [1.29, 1.82) is 0 Å². The van der Waals surface area contributed by atoms with Crippen LogP contribution in [-0.2, 0) is 6.54 Å². The lowest BCUT2D eigenvalue weighted by Crippen LogP contribution is -1.99. The summed E-state index contributed by atoms with van der Waals surface area (Å²) in [7, 11) is 0. The molecule has 0 bridgehead atoms. The maximum atomic E-state index is 13.4. The Morgan fingerprint density at radius 2 is 2.00 bits per heavy atom. The van der Waals surface area contributed by atoms with Crippen molar-refractivity contribution in [3.05, 3.63) is 50.3 Å². The highest BCUT2D eigenvalue weighted by Crippen LogP contribution is 2.33. The number of nitrogens with zero attached hydrogens (tertiary/aromatic N) is 1. The lowest BCUT2D eigenvalue weighted by molar-refractivity contribution is 0.454. The first-order chi connectivity index (χ1) is 9.01. The zero-order valence-electron chi connectivity index (χ0n) is 9.46. The Morgan fingerprint density at radius 1 is 1.26 bits per heavy atom. The van der Waals surface area contributed by atoms with Gasteiger partial charge < -0.3 is 10.5 Å². The van der Waals surface area contributed by atoms with Crippen molar-refractivity contribution in [2.75, 3.05) is 0 Å². The van der Waals surface area contributed by atoms with Crippen LogP contribution in [0.2, 0.25) is 10.0 Å². The molecule has 7 heteroatoms. The summed E-state index contributed by atoms with van der Waals surface area (Å²) in [6.07, 6.45) is 1.43. The lowest BCUT2D eigenvalue weighted by Gasteiger charge is -2.09. The van der Waals surface area contributed by atoms with E-state index in [0.29, 0.717) is 15.1 Å². The second-order valence-electron chi connectivity index (χ2n) is 3.62. The van der Waals surface area contributed by atoms with Gasteiger partial charge in [-0.1, -0.05) is 23.2 Å². The van der Waals surface area contributed by atoms with Crippen molar-refractivity contribution in [3.63, 3.8) is 0 Å². The van der Waals surface area contributed by atoms with Gasteiger partial charge in [0.15, 0.2) is 0 Å². The third kappa shape index (κ3) is 3.36. The van der Waals surface area contributed by atoms with E-state index >= 15 is 0 Å². The minimum absolute atomic E-state index is 0.00550. The van der Waals surface area contributed by atoms with E-state index in [2.05, 4.69) is 20.9 Å². The van der Waals surface area contributed by atoms with Crippen LogP contribution in [0, 0.1) is 5.82 Å². The summed E-state index contributed by atoms with van der Waals surface area (Å²) < 4.78 is 19.4. The van der Waals surface area contributed by atoms with E-state index in [9.17, 15) is 4.39 Å². The van der Waals surface area contributed by atoms with Gasteiger partial charge in [-0.25, -0.2) is 9.37 Å². The molecule has 0 saturated heterocycles. The summed E-state index contributed by atoms with van der Waals surface area (Å²) in [5.74, 6) is -0.0418. The van der Waals surface area contributed by atoms with Crippen LogP contribution in [0.4, 0.5) is 4.39 Å². The lowest BCUT2D eigenvalue weighted by atomic mass is 10.2. The molecule has 0 atom stereocenters. The Bertz CT molecular complexity index is 625. The molecular formula is C12H8BrCl2FN2O.